The van der Waals surface area contributed by atoms with E-state index >= 15 is 0 Å². The van der Waals surface area contributed by atoms with Gasteiger partial charge in [-0.1, -0.05) is 17.7 Å². The van der Waals surface area contributed by atoms with Crippen molar-refractivity contribution >= 4 is 11.6 Å². The summed E-state index contributed by atoms with van der Waals surface area (Å²) in [6, 6.07) is 9.62. The molecule has 0 aliphatic carbocycles. The van der Waals surface area contributed by atoms with Gasteiger partial charge in [-0.3, -0.25) is 19.0 Å². The van der Waals surface area contributed by atoms with Crippen molar-refractivity contribution in [3.05, 3.63) is 92.6 Å². The molecule has 1 heterocycles. The van der Waals surface area contributed by atoms with Gasteiger partial charge in [-0.25, -0.2) is 4.39 Å². The zero-order valence-electron chi connectivity index (χ0n) is 15.6. The van der Waals surface area contributed by atoms with E-state index in [4.69, 9.17) is 0 Å². The smallest absolute Gasteiger partial charge is 0.265 e. The maximum absolute atomic E-state index is 13.6. The predicted molar refractivity (Wildman–Crippen MR) is 103 cm³/mol. The first-order valence-electron chi connectivity index (χ1n) is 8.57. The minimum atomic E-state index is -0.696. The highest BCUT2D eigenvalue weighted by Gasteiger charge is 2.20. The second kappa shape index (κ2) is 7.23. The lowest BCUT2D eigenvalue weighted by Crippen LogP contribution is -2.26. The Bertz CT molecular complexity index is 1180. The van der Waals surface area contributed by atoms with Gasteiger partial charge >= 0.3 is 0 Å². The molecule has 0 spiro atoms. The molecule has 0 amide bonds. The fourth-order valence-electron chi connectivity index (χ4n) is 3.06. The van der Waals surface area contributed by atoms with Gasteiger partial charge < -0.3 is 5.11 Å². The highest BCUT2D eigenvalue weighted by Crippen LogP contribution is 2.23. The third-order valence-electron chi connectivity index (χ3n) is 4.47. The Hall–Kier alpha value is -3.54. The summed E-state index contributed by atoms with van der Waals surface area (Å²) in [5, 5.41) is 9.94. The van der Waals surface area contributed by atoms with E-state index in [9.17, 15) is 23.9 Å². The molecule has 142 valence electrons. The molecule has 0 saturated carbocycles. The van der Waals surface area contributed by atoms with Crippen molar-refractivity contribution in [3.63, 3.8) is 0 Å². The summed E-state index contributed by atoms with van der Waals surface area (Å²) in [6.07, 6.45) is 1.30. The van der Waals surface area contributed by atoms with Crippen LogP contribution < -0.4 is 5.56 Å². The number of hydrogen-bond acceptors (Lipinski definition) is 4. The fourth-order valence-corrected chi connectivity index (χ4v) is 3.06. The molecule has 0 aliphatic heterocycles. The number of benzene rings is 2. The number of carbonyl (C=O) groups is 2. The Morgan fingerprint density at radius 1 is 1.00 bits per heavy atom. The van der Waals surface area contributed by atoms with Crippen molar-refractivity contribution in [1.82, 2.24) is 4.57 Å². The van der Waals surface area contributed by atoms with Crippen LogP contribution in [0.4, 0.5) is 4.39 Å². The topological polar surface area (TPSA) is 76.4 Å². The number of Topliss-reactive ketones (excluding diaryl/α,β-unsaturated/α-hetero) is 1. The van der Waals surface area contributed by atoms with Gasteiger partial charge in [0.15, 0.2) is 11.6 Å². The lowest BCUT2D eigenvalue weighted by Gasteiger charge is -2.13. The molecule has 28 heavy (non-hydrogen) atoms. The normalized spacial score (nSPS) is 10.7. The van der Waals surface area contributed by atoms with Crippen molar-refractivity contribution in [3.8, 4) is 11.4 Å². The van der Waals surface area contributed by atoms with Gasteiger partial charge in [-0.2, -0.15) is 0 Å². The molecule has 0 atom stereocenters. The van der Waals surface area contributed by atoms with E-state index in [2.05, 4.69) is 0 Å². The van der Waals surface area contributed by atoms with E-state index in [1.54, 1.807) is 6.07 Å². The Labute approximate surface area is 160 Å². The van der Waals surface area contributed by atoms with Crippen molar-refractivity contribution in [2.24, 2.45) is 0 Å². The average Bonchev–Trinajstić information content (AvgIpc) is 2.63. The molecule has 0 unspecified atom stereocenters. The van der Waals surface area contributed by atoms with Crippen LogP contribution in [0.1, 0.15) is 44.3 Å². The summed E-state index contributed by atoms with van der Waals surface area (Å²) in [7, 11) is 0. The van der Waals surface area contributed by atoms with Crippen molar-refractivity contribution in [2.45, 2.75) is 20.8 Å². The van der Waals surface area contributed by atoms with Crippen molar-refractivity contribution in [1.29, 1.82) is 0 Å². The van der Waals surface area contributed by atoms with Crippen molar-refractivity contribution < 1.29 is 19.1 Å². The van der Waals surface area contributed by atoms with Gasteiger partial charge in [-0.15, -0.1) is 0 Å². The minimum absolute atomic E-state index is 0.00863. The molecule has 0 radical (unpaired) electrons. The molecule has 2 aromatic carbocycles. The number of aromatic nitrogens is 1. The number of halogens is 1. The second-order valence-electron chi connectivity index (χ2n) is 6.65. The highest BCUT2D eigenvalue weighted by molar-refractivity contribution is 6.11. The Kier molecular flexibility index (Phi) is 4.96. The van der Waals surface area contributed by atoms with Crippen LogP contribution in [-0.2, 0) is 0 Å². The first-order chi connectivity index (χ1) is 13.2. The molecule has 0 fully saturated rings. The first kappa shape index (κ1) is 19.2. The van der Waals surface area contributed by atoms with E-state index in [1.165, 1.54) is 23.8 Å². The summed E-state index contributed by atoms with van der Waals surface area (Å²) in [6.45, 7) is 4.96. The Morgan fingerprint density at radius 2 is 1.71 bits per heavy atom. The van der Waals surface area contributed by atoms with Crippen LogP contribution in [-0.4, -0.2) is 21.2 Å². The van der Waals surface area contributed by atoms with E-state index in [0.29, 0.717) is 5.69 Å². The number of rotatable bonds is 4. The lowest BCUT2D eigenvalue weighted by atomic mass is 10.0. The standard InChI is InChI=1S/C22H18FNO4/c1-12-4-6-19(13(2)8-12)24-11-15(9-17(14(3)25)22(24)28)21(27)18-10-16(23)5-7-20(18)26/h4-11,26H,1-3H3. The van der Waals surface area contributed by atoms with Gasteiger partial charge in [-0.05, 0) is 56.7 Å². The number of phenols is 1. The third-order valence-corrected chi connectivity index (χ3v) is 4.47. The quantitative estimate of drug-likeness (QED) is 0.701. The van der Waals surface area contributed by atoms with Gasteiger partial charge in [0.1, 0.15) is 11.6 Å². The van der Waals surface area contributed by atoms with Gasteiger partial charge in [0, 0.05) is 11.8 Å². The molecular weight excluding hydrogens is 361 g/mol. The SMILES string of the molecule is CC(=O)c1cc(C(=O)c2cc(F)ccc2O)cn(-c2ccc(C)cc2C)c1=O. The van der Waals surface area contributed by atoms with E-state index in [-0.39, 0.29) is 22.4 Å². The molecule has 3 aromatic rings. The number of aromatic hydroxyl groups is 1. The number of nitrogens with zero attached hydrogens (tertiary/aromatic N) is 1. The Morgan fingerprint density at radius 3 is 2.36 bits per heavy atom. The summed E-state index contributed by atoms with van der Waals surface area (Å²) in [4.78, 5) is 37.7. The fraction of sp³-hybridized carbons (Fsp3) is 0.136. The maximum Gasteiger partial charge on any atom is 0.265 e. The molecule has 0 saturated heterocycles. The van der Waals surface area contributed by atoms with E-state index < -0.39 is 22.9 Å². The van der Waals surface area contributed by atoms with E-state index in [1.807, 2.05) is 26.0 Å². The summed E-state index contributed by atoms with van der Waals surface area (Å²) >= 11 is 0. The summed E-state index contributed by atoms with van der Waals surface area (Å²) < 4.78 is 14.8. The van der Waals surface area contributed by atoms with Crippen LogP contribution in [0.25, 0.3) is 5.69 Å². The van der Waals surface area contributed by atoms with Crippen LogP contribution in [0.3, 0.4) is 0 Å². The minimum Gasteiger partial charge on any atom is -0.507 e. The van der Waals surface area contributed by atoms with Gasteiger partial charge in [0.05, 0.1) is 16.8 Å². The van der Waals surface area contributed by atoms with Crippen molar-refractivity contribution in [2.75, 3.05) is 0 Å². The van der Waals surface area contributed by atoms with Crippen LogP contribution in [0, 0.1) is 19.7 Å². The zero-order chi connectivity index (χ0) is 20.6. The molecule has 1 N–H and O–H groups in total. The highest BCUT2D eigenvalue weighted by atomic mass is 19.1. The summed E-state index contributed by atoms with van der Waals surface area (Å²) in [5.41, 5.74) is 1.33. The number of phenolic OH excluding ortho intramolecular Hbond substituents is 1. The van der Waals surface area contributed by atoms with Crippen LogP contribution in [0.15, 0.2) is 53.5 Å². The lowest BCUT2D eigenvalue weighted by molar-refractivity contribution is 0.101. The van der Waals surface area contributed by atoms with Crippen LogP contribution in [0.5, 0.6) is 5.75 Å². The van der Waals surface area contributed by atoms with E-state index in [0.717, 1.165) is 29.3 Å². The average molecular weight is 379 g/mol. The Balaban J connectivity index is 2.27. The molecule has 5 nitrogen and oxygen atoms in total. The molecule has 0 aliphatic rings. The molecular formula is C22H18FNO4. The number of pyridine rings is 1. The largest absolute Gasteiger partial charge is 0.507 e. The molecule has 1 aromatic heterocycles. The molecule has 3 rings (SSSR count). The second-order valence-corrected chi connectivity index (χ2v) is 6.65. The molecule has 6 heteroatoms. The maximum atomic E-state index is 13.6. The predicted octanol–water partition coefficient (Wildman–Crippen LogP) is 3.73. The number of carbonyl (C=O) groups excluding carboxylic acids is 2. The van der Waals surface area contributed by atoms with Crippen LogP contribution in [0.2, 0.25) is 0 Å². The monoisotopic (exact) mass is 379 g/mol. The third kappa shape index (κ3) is 3.49. The number of hydrogen-bond donors (Lipinski definition) is 1. The number of ketones is 2. The summed E-state index contributed by atoms with van der Waals surface area (Å²) in [5.74, 6) is -2.27. The zero-order valence-corrected chi connectivity index (χ0v) is 15.6. The van der Waals surface area contributed by atoms with Gasteiger partial charge in [0.2, 0.25) is 0 Å². The number of aryl methyl sites for hydroxylation is 2. The first-order valence-corrected chi connectivity index (χ1v) is 8.57. The molecule has 0 bridgehead atoms. The van der Waals surface area contributed by atoms with Gasteiger partial charge in [0.25, 0.3) is 5.56 Å². The van der Waals surface area contributed by atoms with Crippen LogP contribution >= 0.6 is 0 Å².